The molecule has 0 radical (unpaired) electrons. The van der Waals surface area contributed by atoms with Crippen LogP contribution in [0.25, 0.3) is 0 Å². The standard InChI is InChI=1S/C13H12N2O2S/c1-17-13(16)9-5-6-15-12(7-9)18-11-4-2-3-10(14)8-11/h2-8H,14H2,1H3. The summed E-state index contributed by atoms with van der Waals surface area (Å²) in [5.74, 6) is -0.369. The van der Waals surface area contributed by atoms with E-state index < -0.39 is 0 Å². The molecule has 4 nitrogen and oxygen atoms in total. The zero-order valence-corrected chi connectivity index (χ0v) is 10.6. The van der Waals surface area contributed by atoms with Crippen molar-refractivity contribution in [2.45, 2.75) is 9.92 Å². The fourth-order valence-corrected chi connectivity index (χ4v) is 2.29. The number of nitrogens with two attached hydrogens (primary N) is 1. The zero-order valence-electron chi connectivity index (χ0n) is 9.79. The predicted molar refractivity (Wildman–Crippen MR) is 70.6 cm³/mol. The van der Waals surface area contributed by atoms with E-state index >= 15 is 0 Å². The highest BCUT2D eigenvalue weighted by atomic mass is 32.2. The fraction of sp³-hybridized carbons (Fsp3) is 0.0769. The molecule has 0 spiro atoms. The lowest BCUT2D eigenvalue weighted by Gasteiger charge is -2.03. The third kappa shape index (κ3) is 3.01. The van der Waals surface area contributed by atoms with Gasteiger partial charge in [-0.1, -0.05) is 17.8 Å². The van der Waals surface area contributed by atoms with Crippen molar-refractivity contribution in [3.63, 3.8) is 0 Å². The van der Waals surface area contributed by atoms with Crippen LogP contribution < -0.4 is 5.73 Å². The summed E-state index contributed by atoms with van der Waals surface area (Å²) in [7, 11) is 1.35. The Morgan fingerprint density at radius 1 is 1.33 bits per heavy atom. The Morgan fingerprint density at radius 3 is 2.89 bits per heavy atom. The summed E-state index contributed by atoms with van der Waals surface area (Å²) in [4.78, 5) is 16.6. The Kier molecular flexibility index (Phi) is 3.84. The van der Waals surface area contributed by atoms with E-state index in [-0.39, 0.29) is 5.97 Å². The molecule has 5 heteroatoms. The first-order valence-corrected chi connectivity index (χ1v) is 6.08. The molecule has 92 valence electrons. The van der Waals surface area contributed by atoms with E-state index in [0.29, 0.717) is 11.3 Å². The van der Waals surface area contributed by atoms with E-state index in [1.54, 1.807) is 18.3 Å². The smallest absolute Gasteiger partial charge is 0.337 e. The maximum atomic E-state index is 11.4. The molecule has 1 aromatic heterocycles. The number of aromatic nitrogens is 1. The lowest BCUT2D eigenvalue weighted by atomic mass is 10.3. The minimum absolute atomic E-state index is 0.369. The van der Waals surface area contributed by atoms with E-state index in [2.05, 4.69) is 9.72 Å². The summed E-state index contributed by atoms with van der Waals surface area (Å²) < 4.78 is 4.66. The van der Waals surface area contributed by atoms with Crippen LogP contribution in [-0.2, 0) is 4.74 Å². The maximum Gasteiger partial charge on any atom is 0.337 e. The zero-order chi connectivity index (χ0) is 13.0. The first-order chi connectivity index (χ1) is 8.69. The van der Waals surface area contributed by atoms with Gasteiger partial charge in [0.05, 0.1) is 12.7 Å². The molecule has 0 unspecified atom stereocenters. The van der Waals surface area contributed by atoms with E-state index in [1.165, 1.54) is 18.9 Å². The first kappa shape index (κ1) is 12.4. The number of carbonyl (C=O) groups is 1. The number of methoxy groups -OCH3 is 1. The van der Waals surface area contributed by atoms with Gasteiger partial charge in [-0.05, 0) is 30.3 Å². The number of ether oxygens (including phenoxy) is 1. The summed E-state index contributed by atoms with van der Waals surface area (Å²) in [5, 5.41) is 0.725. The molecule has 0 saturated heterocycles. The molecule has 0 fully saturated rings. The Hall–Kier alpha value is -2.01. The van der Waals surface area contributed by atoms with E-state index in [4.69, 9.17) is 5.73 Å². The fourth-order valence-electron chi connectivity index (χ4n) is 1.41. The molecule has 0 amide bonds. The molecule has 0 bridgehead atoms. The topological polar surface area (TPSA) is 65.2 Å². The van der Waals surface area contributed by atoms with Gasteiger partial charge in [-0.2, -0.15) is 0 Å². The lowest BCUT2D eigenvalue weighted by Crippen LogP contribution is -2.01. The number of anilines is 1. The Balaban J connectivity index is 2.22. The lowest BCUT2D eigenvalue weighted by molar-refractivity contribution is 0.0600. The number of hydrogen-bond donors (Lipinski definition) is 1. The summed E-state index contributed by atoms with van der Waals surface area (Å²) in [6.45, 7) is 0. The van der Waals surface area contributed by atoms with Crippen LogP contribution in [0.4, 0.5) is 5.69 Å². The van der Waals surface area contributed by atoms with Gasteiger partial charge in [0.2, 0.25) is 0 Å². The van der Waals surface area contributed by atoms with Gasteiger partial charge in [-0.3, -0.25) is 0 Å². The molecule has 2 N–H and O–H groups in total. The number of esters is 1. The average molecular weight is 260 g/mol. The summed E-state index contributed by atoms with van der Waals surface area (Å²) in [6, 6.07) is 10.8. The number of rotatable bonds is 3. The SMILES string of the molecule is COC(=O)c1ccnc(Sc2cccc(N)c2)c1. The quantitative estimate of drug-likeness (QED) is 0.678. The van der Waals surface area contributed by atoms with Crippen molar-refractivity contribution in [1.82, 2.24) is 4.98 Å². The molecule has 18 heavy (non-hydrogen) atoms. The van der Waals surface area contributed by atoms with Crippen molar-refractivity contribution < 1.29 is 9.53 Å². The maximum absolute atomic E-state index is 11.4. The molecule has 2 rings (SSSR count). The summed E-state index contributed by atoms with van der Waals surface area (Å²) >= 11 is 1.44. The molecule has 1 aromatic carbocycles. The van der Waals surface area contributed by atoms with Gasteiger partial charge in [0.15, 0.2) is 0 Å². The molecular formula is C13H12N2O2S. The van der Waals surface area contributed by atoms with E-state index in [0.717, 1.165) is 9.92 Å². The number of pyridine rings is 1. The third-order valence-corrected chi connectivity index (χ3v) is 3.16. The van der Waals surface area contributed by atoms with Gasteiger partial charge < -0.3 is 10.5 Å². The molecule has 0 aliphatic carbocycles. The minimum Gasteiger partial charge on any atom is -0.465 e. The Labute approximate surface area is 109 Å². The largest absolute Gasteiger partial charge is 0.465 e. The van der Waals surface area contributed by atoms with Crippen molar-refractivity contribution in [1.29, 1.82) is 0 Å². The second kappa shape index (κ2) is 5.55. The Bertz CT molecular complexity index is 572. The number of nitrogens with zero attached hydrogens (tertiary/aromatic N) is 1. The number of benzene rings is 1. The molecule has 0 atom stereocenters. The van der Waals surface area contributed by atoms with Crippen molar-refractivity contribution in [2.24, 2.45) is 0 Å². The summed E-state index contributed by atoms with van der Waals surface area (Å²) in [5.41, 5.74) is 6.89. The first-order valence-electron chi connectivity index (χ1n) is 5.27. The predicted octanol–water partition coefficient (Wildman–Crippen LogP) is 2.60. The van der Waals surface area contributed by atoms with E-state index in [9.17, 15) is 4.79 Å². The highest BCUT2D eigenvalue weighted by molar-refractivity contribution is 7.99. The molecule has 0 aliphatic heterocycles. The number of carbonyl (C=O) groups excluding carboxylic acids is 1. The average Bonchev–Trinajstić information content (AvgIpc) is 2.38. The van der Waals surface area contributed by atoms with Crippen LogP contribution >= 0.6 is 11.8 Å². The van der Waals surface area contributed by atoms with E-state index in [1.807, 2.05) is 24.3 Å². The van der Waals surface area contributed by atoms with Crippen LogP contribution in [0.1, 0.15) is 10.4 Å². The second-order valence-corrected chi connectivity index (χ2v) is 4.64. The van der Waals surface area contributed by atoms with Crippen molar-refractivity contribution >= 4 is 23.4 Å². The molecule has 0 saturated carbocycles. The van der Waals surface area contributed by atoms with Crippen LogP contribution in [-0.4, -0.2) is 18.1 Å². The van der Waals surface area contributed by atoms with Gasteiger partial charge in [-0.15, -0.1) is 0 Å². The monoisotopic (exact) mass is 260 g/mol. The van der Waals surface area contributed by atoms with Crippen LogP contribution in [0, 0.1) is 0 Å². The van der Waals surface area contributed by atoms with Crippen LogP contribution in [0.3, 0.4) is 0 Å². The van der Waals surface area contributed by atoms with Gasteiger partial charge in [0.1, 0.15) is 5.03 Å². The highest BCUT2D eigenvalue weighted by Crippen LogP contribution is 2.27. The molecular weight excluding hydrogens is 248 g/mol. The van der Waals surface area contributed by atoms with Crippen LogP contribution in [0.2, 0.25) is 0 Å². The second-order valence-electron chi connectivity index (χ2n) is 3.55. The molecule has 1 heterocycles. The van der Waals surface area contributed by atoms with Gasteiger partial charge in [-0.25, -0.2) is 9.78 Å². The number of hydrogen-bond acceptors (Lipinski definition) is 5. The number of nitrogen functional groups attached to an aromatic ring is 1. The normalized spacial score (nSPS) is 10.1. The van der Waals surface area contributed by atoms with Crippen molar-refractivity contribution in [3.05, 3.63) is 48.2 Å². The van der Waals surface area contributed by atoms with Crippen LogP contribution in [0.15, 0.2) is 52.5 Å². The third-order valence-electron chi connectivity index (χ3n) is 2.24. The Morgan fingerprint density at radius 2 is 2.17 bits per heavy atom. The van der Waals surface area contributed by atoms with Gasteiger partial charge in [0, 0.05) is 16.8 Å². The van der Waals surface area contributed by atoms with Crippen LogP contribution in [0.5, 0.6) is 0 Å². The highest BCUT2D eigenvalue weighted by Gasteiger charge is 2.07. The summed E-state index contributed by atoms with van der Waals surface area (Å²) in [6.07, 6.45) is 1.58. The van der Waals surface area contributed by atoms with Crippen molar-refractivity contribution in [3.8, 4) is 0 Å². The van der Waals surface area contributed by atoms with Gasteiger partial charge >= 0.3 is 5.97 Å². The molecule has 2 aromatic rings. The van der Waals surface area contributed by atoms with Crippen molar-refractivity contribution in [2.75, 3.05) is 12.8 Å². The van der Waals surface area contributed by atoms with Gasteiger partial charge in [0.25, 0.3) is 0 Å². The minimum atomic E-state index is -0.369. The molecule has 0 aliphatic rings.